The summed E-state index contributed by atoms with van der Waals surface area (Å²) >= 11 is 0. The second-order valence-corrected chi connectivity index (χ2v) is 4.14. The van der Waals surface area contributed by atoms with Gasteiger partial charge in [0.1, 0.15) is 11.5 Å². The van der Waals surface area contributed by atoms with E-state index in [1.54, 1.807) is 12.1 Å². The normalized spacial score (nSPS) is 12.4. The highest BCUT2D eigenvalue weighted by molar-refractivity contribution is 5.31. The molecule has 0 saturated heterocycles. The van der Waals surface area contributed by atoms with E-state index in [0.717, 1.165) is 18.6 Å². The molecule has 0 aromatic heterocycles. The van der Waals surface area contributed by atoms with Crippen LogP contribution in [0, 0.1) is 0 Å². The summed E-state index contributed by atoms with van der Waals surface area (Å²) in [4.78, 5) is 0. The fourth-order valence-electron chi connectivity index (χ4n) is 1.72. The predicted octanol–water partition coefficient (Wildman–Crippen LogP) is 4.13. The minimum atomic E-state index is 0.265. The maximum absolute atomic E-state index is 9.33. The summed E-state index contributed by atoms with van der Waals surface area (Å²) < 4.78 is 5.83. The van der Waals surface area contributed by atoms with Gasteiger partial charge in [-0.05, 0) is 31.4 Å². The zero-order chi connectivity index (χ0) is 11.8. The first-order chi connectivity index (χ1) is 7.76. The van der Waals surface area contributed by atoms with E-state index in [-0.39, 0.29) is 11.9 Å². The fraction of sp³-hybridized carbons (Fsp3) is 0.571. The van der Waals surface area contributed by atoms with Gasteiger partial charge >= 0.3 is 0 Å². The van der Waals surface area contributed by atoms with Crippen molar-refractivity contribution < 1.29 is 9.84 Å². The van der Waals surface area contributed by atoms with Crippen LogP contribution in [0.3, 0.4) is 0 Å². The average molecular weight is 222 g/mol. The van der Waals surface area contributed by atoms with Crippen molar-refractivity contribution in [3.8, 4) is 11.5 Å². The largest absolute Gasteiger partial charge is 0.508 e. The van der Waals surface area contributed by atoms with Gasteiger partial charge in [0.2, 0.25) is 0 Å². The van der Waals surface area contributed by atoms with Gasteiger partial charge in [-0.15, -0.1) is 0 Å². The number of phenolic OH excluding ortho intramolecular Hbond substituents is 1. The number of hydrogen-bond donors (Lipinski definition) is 1. The van der Waals surface area contributed by atoms with Gasteiger partial charge in [-0.3, -0.25) is 0 Å². The third-order valence-corrected chi connectivity index (χ3v) is 2.71. The summed E-state index contributed by atoms with van der Waals surface area (Å²) in [5.74, 6) is 1.03. The Kier molecular flexibility index (Phi) is 5.76. The molecule has 1 aromatic carbocycles. The minimum absolute atomic E-state index is 0.265. The lowest BCUT2D eigenvalue weighted by atomic mass is 10.1. The van der Waals surface area contributed by atoms with Gasteiger partial charge in [0.15, 0.2) is 0 Å². The summed E-state index contributed by atoms with van der Waals surface area (Å²) in [6, 6.07) is 7.03. The first kappa shape index (κ1) is 12.9. The van der Waals surface area contributed by atoms with Crippen LogP contribution in [0.1, 0.15) is 46.0 Å². The second-order valence-electron chi connectivity index (χ2n) is 4.14. The molecular formula is C14H22O2. The van der Waals surface area contributed by atoms with E-state index in [1.165, 1.54) is 19.3 Å². The Hall–Kier alpha value is -1.18. The molecule has 1 aromatic rings. The Bertz CT molecular complexity index is 297. The van der Waals surface area contributed by atoms with Crippen LogP contribution in [0.25, 0.3) is 0 Å². The van der Waals surface area contributed by atoms with Gasteiger partial charge in [0.25, 0.3) is 0 Å². The molecule has 0 fully saturated rings. The molecule has 0 amide bonds. The lowest BCUT2D eigenvalue weighted by molar-refractivity contribution is 0.182. The van der Waals surface area contributed by atoms with Crippen LogP contribution in [0.15, 0.2) is 24.3 Å². The molecule has 0 bridgehead atoms. The van der Waals surface area contributed by atoms with Crippen molar-refractivity contribution in [2.45, 2.75) is 52.1 Å². The molecule has 0 heterocycles. The van der Waals surface area contributed by atoms with E-state index in [1.807, 2.05) is 12.1 Å². The Morgan fingerprint density at radius 2 is 2.06 bits per heavy atom. The highest BCUT2D eigenvalue weighted by atomic mass is 16.5. The van der Waals surface area contributed by atoms with E-state index in [0.29, 0.717) is 0 Å². The van der Waals surface area contributed by atoms with E-state index >= 15 is 0 Å². The lowest BCUT2D eigenvalue weighted by Gasteiger charge is -2.17. The monoisotopic (exact) mass is 222 g/mol. The summed E-state index contributed by atoms with van der Waals surface area (Å²) in [7, 11) is 0. The zero-order valence-electron chi connectivity index (χ0n) is 10.3. The average Bonchev–Trinajstić information content (AvgIpc) is 2.28. The number of aromatic hydroxyl groups is 1. The molecule has 1 unspecified atom stereocenters. The van der Waals surface area contributed by atoms with Crippen molar-refractivity contribution in [3.63, 3.8) is 0 Å². The number of unbranched alkanes of at least 4 members (excludes halogenated alkanes) is 2. The van der Waals surface area contributed by atoms with Crippen molar-refractivity contribution in [2.75, 3.05) is 0 Å². The molecule has 0 radical (unpaired) electrons. The van der Waals surface area contributed by atoms with Gasteiger partial charge in [0, 0.05) is 6.07 Å². The number of ether oxygens (including phenoxy) is 1. The van der Waals surface area contributed by atoms with Crippen LogP contribution in [0.4, 0.5) is 0 Å². The summed E-state index contributed by atoms with van der Waals surface area (Å²) in [5.41, 5.74) is 0. The third-order valence-electron chi connectivity index (χ3n) is 2.71. The highest BCUT2D eigenvalue weighted by Crippen LogP contribution is 2.21. The van der Waals surface area contributed by atoms with Crippen LogP contribution in [0.5, 0.6) is 11.5 Å². The predicted molar refractivity (Wildman–Crippen MR) is 67.0 cm³/mol. The topological polar surface area (TPSA) is 29.5 Å². The molecule has 90 valence electrons. The van der Waals surface area contributed by atoms with Gasteiger partial charge in [-0.1, -0.05) is 32.8 Å². The molecule has 0 aliphatic carbocycles. The Morgan fingerprint density at radius 1 is 1.25 bits per heavy atom. The van der Waals surface area contributed by atoms with Crippen molar-refractivity contribution in [2.24, 2.45) is 0 Å². The molecule has 0 aliphatic rings. The van der Waals surface area contributed by atoms with Crippen LogP contribution in [0.2, 0.25) is 0 Å². The SMILES string of the molecule is CCCCCC(CC)Oc1cccc(O)c1. The van der Waals surface area contributed by atoms with Gasteiger partial charge in [-0.2, -0.15) is 0 Å². The summed E-state index contributed by atoms with van der Waals surface area (Å²) in [6.45, 7) is 4.34. The van der Waals surface area contributed by atoms with Crippen molar-refractivity contribution >= 4 is 0 Å². The summed E-state index contributed by atoms with van der Waals surface area (Å²) in [6.07, 6.45) is 6.10. The molecular weight excluding hydrogens is 200 g/mol. The third kappa shape index (κ3) is 4.56. The molecule has 0 aliphatic heterocycles. The van der Waals surface area contributed by atoms with Crippen LogP contribution in [-0.2, 0) is 0 Å². The zero-order valence-corrected chi connectivity index (χ0v) is 10.3. The van der Waals surface area contributed by atoms with Gasteiger partial charge in [-0.25, -0.2) is 0 Å². The lowest BCUT2D eigenvalue weighted by Crippen LogP contribution is -2.15. The van der Waals surface area contributed by atoms with Crippen LogP contribution in [-0.4, -0.2) is 11.2 Å². The maximum atomic E-state index is 9.33. The standard InChI is InChI=1S/C14H22O2/c1-3-5-6-9-13(4-2)16-14-10-7-8-12(15)11-14/h7-8,10-11,13,15H,3-6,9H2,1-2H3. The highest BCUT2D eigenvalue weighted by Gasteiger charge is 2.07. The smallest absolute Gasteiger partial charge is 0.123 e. The molecule has 0 spiro atoms. The molecule has 1 rings (SSSR count). The molecule has 1 N–H and O–H groups in total. The van der Waals surface area contributed by atoms with Crippen LogP contribution < -0.4 is 4.74 Å². The Labute approximate surface area is 98.3 Å². The molecule has 16 heavy (non-hydrogen) atoms. The van der Waals surface area contributed by atoms with Crippen molar-refractivity contribution in [1.29, 1.82) is 0 Å². The molecule has 2 nitrogen and oxygen atoms in total. The summed E-state index contributed by atoms with van der Waals surface area (Å²) in [5, 5.41) is 9.33. The second kappa shape index (κ2) is 7.15. The Morgan fingerprint density at radius 3 is 2.69 bits per heavy atom. The number of benzene rings is 1. The van der Waals surface area contributed by atoms with E-state index < -0.39 is 0 Å². The van der Waals surface area contributed by atoms with Crippen molar-refractivity contribution in [1.82, 2.24) is 0 Å². The van der Waals surface area contributed by atoms with Crippen LogP contribution >= 0.6 is 0 Å². The van der Waals surface area contributed by atoms with E-state index in [2.05, 4.69) is 13.8 Å². The fourth-order valence-corrected chi connectivity index (χ4v) is 1.72. The van der Waals surface area contributed by atoms with Gasteiger partial charge < -0.3 is 9.84 Å². The molecule has 2 heteroatoms. The first-order valence-corrected chi connectivity index (χ1v) is 6.22. The van der Waals surface area contributed by atoms with Crippen molar-refractivity contribution in [3.05, 3.63) is 24.3 Å². The van der Waals surface area contributed by atoms with E-state index in [9.17, 15) is 5.11 Å². The quantitative estimate of drug-likeness (QED) is 0.703. The van der Waals surface area contributed by atoms with E-state index in [4.69, 9.17) is 4.74 Å². The molecule has 1 atom stereocenters. The molecule has 0 saturated carbocycles. The Balaban J connectivity index is 2.43. The van der Waals surface area contributed by atoms with Gasteiger partial charge in [0.05, 0.1) is 6.10 Å². The first-order valence-electron chi connectivity index (χ1n) is 6.22. The number of phenols is 1. The number of hydrogen-bond acceptors (Lipinski definition) is 2. The number of rotatable bonds is 7. The minimum Gasteiger partial charge on any atom is -0.508 e. The maximum Gasteiger partial charge on any atom is 0.123 e.